The summed E-state index contributed by atoms with van der Waals surface area (Å²) < 4.78 is 29.6. The van der Waals surface area contributed by atoms with E-state index in [0.717, 1.165) is 0 Å². The van der Waals surface area contributed by atoms with Gasteiger partial charge in [0.05, 0.1) is 11.1 Å². The van der Waals surface area contributed by atoms with Crippen LogP contribution in [0.5, 0.6) is 5.75 Å². The zero-order valence-corrected chi connectivity index (χ0v) is 19.3. The summed E-state index contributed by atoms with van der Waals surface area (Å²) in [5, 5.41) is 13.1. The standard InChI is InChI=1S/C25H20ClF2N3O4/c1-12-2-3-14(20(28)19(12)26)9-29-24(34)17-11-30-16-6-4-13-8-15(27)5-7-18(13)31(10-16)25(35)21(30)23(33)22(17)32/h2-3,5,7-8,11,16,33H,4,6,9-10H2,1H3,(H,29,34). The highest BCUT2D eigenvalue weighted by molar-refractivity contribution is 6.31. The molecule has 7 nitrogen and oxygen atoms in total. The molecule has 2 aliphatic rings. The first kappa shape index (κ1) is 23.0. The van der Waals surface area contributed by atoms with Gasteiger partial charge < -0.3 is 19.9 Å². The van der Waals surface area contributed by atoms with Crippen molar-refractivity contribution in [2.45, 2.75) is 32.4 Å². The number of carbonyl (C=O) groups excluding carboxylic acids is 2. The van der Waals surface area contributed by atoms with E-state index in [9.17, 15) is 28.3 Å². The van der Waals surface area contributed by atoms with Crippen LogP contribution in [-0.2, 0) is 13.0 Å². The van der Waals surface area contributed by atoms with Crippen molar-refractivity contribution in [1.82, 2.24) is 9.88 Å². The first-order valence-electron chi connectivity index (χ1n) is 11.0. The van der Waals surface area contributed by atoms with Crippen LogP contribution < -0.4 is 15.6 Å². The van der Waals surface area contributed by atoms with Gasteiger partial charge in [0.25, 0.3) is 11.8 Å². The molecule has 180 valence electrons. The van der Waals surface area contributed by atoms with Crippen molar-refractivity contribution in [1.29, 1.82) is 0 Å². The lowest BCUT2D eigenvalue weighted by molar-refractivity contribution is 0.0929. The maximum Gasteiger partial charge on any atom is 0.279 e. The van der Waals surface area contributed by atoms with E-state index in [2.05, 4.69) is 5.32 Å². The number of hydrogen-bond acceptors (Lipinski definition) is 4. The van der Waals surface area contributed by atoms with E-state index in [1.54, 1.807) is 13.0 Å². The molecule has 2 aromatic carbocycles. The van der Waals surface area contributed by atoms with E-state index in [0.29, 0.717) is 29.7 Å². The lowest BCUT2D eigenvalue weighted by atomic mass is 10.0. The molecule has 35 heavy (non-hydrogen) atoms. The fourth-order valence-electron chi connectivity index (χ4n) is 4.66. The number of fused-ring (bicyclic) bond motifs is 6. The molecule has 2 amide bonds. The number of hydrogen-bond donors (Lipinski definition) is 2. The van der Waals surface area contributed by atoms with Gasteiger partial charge in [0.1, 0.15) is 17.2 Å². The van der Waals surface area contributed by atoms with Gasteiger partial charge in [-0.1, -0.05) is 23.7 Å². The second kappa shape index (κ2) is 8.49. The van der Waals surface area contributed by atoms with Crippen LogP contribution in [0.1, 0.15) is 50.0 Å². The van der Waals surface area contributed by atoms with E-state index < -0.39 is 34.6 Å². The normalized spacial score (nSPS) is 16.4. The topological polar surface area (TPSA) is 91.6 Å². The largest absolute Gasteiger partial charge is 0.503 e. The Labute approximate surface area is 203 Å². The number of carbonyl (C=O) groups is 2. The highest BCUT2D eigenvalue weighted by Gasteiger charge is 2.38. The van der Waals surface area contributed by atoms with Crippen LogP contribution >= 0.6 is 11.6 Å². The van der Waals surface area contributed by atoms with Crippen LogP contribution in [0, 0.1) is 18.6 Å². The molecule has 0 aliphatic carbocycles. The maximum absolute atomic E-state index is 14.4. The molecule has 0 saturated carbocycles. The molecule has 0 fully saturated rings. The molecule has 2 bridgehead atoms. The van der Waals surface area contributed by atoms with Crippen molar-refractivity contribution in [2.24, 2.45) is 0 Å². The predicted molar refractivity (Wildman–Crippen MR) is 125 cm³/mol. The SMILES string of the molecule is Cc1ccc(CNC(=O)c2cn3c(c(O)c2=O)C(=O)N2CC3CCc3cc(F)ccc32)c(F)c1Cl. The number of aromatic nitrogens is 1. The Hall–Kier alpha value is -3.72. The minimum Gasteiger partial charge on any atom is -0.503 e. The summed E-state index contributed by atoms with van der Waals surface area (Å²) in [6.07, 6.45) is 2.20. The van der Waals surface area contributed by atoms with E-state index in [-0.39, 0.29) is 41.0 Å². The Bertz CT molecular complexity index is 1470. The van der Waals surface area contributed by atoms with Gasteiger partial charge in [-0.2, -0.15) is 0 Å². The third-order valence-corrected chi connectivity index (χ3v) is 7.03. The highest BCUT2D eigenvalue weighted by atomic mass is 35.5. The summed E-state index contributed by atoms with van der Waals surface area (Å²) >= 11 is 5.93. The van der Waals surface area contributed by atoms with Crippen LogP contribution in [0.4, 0.5) is 14.5 Å². The summed E-state index contributed by atoms with van der Waals surface area (Å²) in [4.78, 5) is 40.4. The predicted octanol–water partition coefficient (Wildman–Crippen LogP) is 3.87. The lowest BCUT2D eigenvalue weighted by Crippen LogP contribution is -2.44. The number of halogens is 3. The Morgan fingerprint density at radius 3 is 2.77 bits per heavy atom. The Kier molecular flexibility index (Phi) is 5.59. The number of benzene rings is 2. The molecule has 5 rings (SSSR count). The monoisotopic (exact) mass is 499 g/mol. The van der Waals surface area contributed by atoms with Gasteiger partial charge in [0.2, 0.25) is 5.43 Å². The van der Waals surface area contributed by atoms with Gasteiger partial charge in [-0.3, -0.25) is 14.4 Å². The average Bonchev–Trinajstić information content (AvgIpc) is 3.00. The van der Waals surface area contributed by atoms with Crippen LogP contribution in [-0.4, -0.2) is 28.0 Å². The third kappa shape index (κ3) is 3.76. The Morgan fingerprint density at radius 2 is 2.00 bits per heavy atom. The molecule has 10 heteroatoms. The zero-order chi connectivity index (χ0) is 25.0. The molecule has 0 saturated heterocycles. The number of nitrogens with one attached hydrogen (secondary N) is 1. The smallest absolute Gasteiger partial charge is 0.279 e. The summed E-state index contributed by atoms with van der Waals surface area (Å²) in [6, 6.07) is 6.86. The van der Waals surface area contributed by atoms with Crippen molar-refractivity contribution < 1.29 is 23.5 Å². The number of aryl methyl sites for hydroxylation is 2. The van der Waals surface area contributed by atoms with Crippen LogP contribution in [0.15, 0.2) is 41.3 Å². The highest BCUT2D eigenvalue weighted by Crippen LogP contribution is 2.37. The van der Waals surface area contributed by atoms with E-state index in [1.165, 1.54) is 39.9 Å². The molecule has 1 aromatic heterocycles. The molecular weight excluding hydrogens is 480 g/mol. The van der Waals surface area contributed by atoms with Gasteiger partial charge in [-0.05, 0) is 49.1 Å². The number of rotatable bonds is 3. The van der Waals surface area contributed by atoms with Gasteiger partial charge >= 0.3 is 0 Å². The van der Waals surface area contributed by atoms with Gasteiger partial charge in [0, 0.05) is 30.5 Å². The summed E-state index contributed by atoms with van der Waals surface area (Å²) in [7, 11) is 0. The Balaban J connectivity index is 1.49. The number of aromatic hydroxyl groups is 1. The van der Waals surface area contributed by atoms with Crippen molar-refractivity contribution in [3.63, 3.8) is 0 Å². The van der Waals surface area contributed by atoms with E-state index >= 15 is 0 Å². The number of amides is 2. The third-order valence-electron chi connectivity index (χ3n) is 6.56. The number of pyridine rings is 1. The number of nitrogens with zero attached hydrogens (tertiary/aromatic N) is 2. The molecule has 1 atom stereocenters. The van der Waals surface area contributed by atoms with Crippen molar-refractivity contribution in [2.75, 3.05) is 11.4 Å². The first-order valence-corrected chi connectivity index (χ1v) is 11.3. The molecule has 3 aromatic rings. The minimum absolute atomic E-state index is 0.0550. The molecular formula is C25H20ClF2N3O4. The molecule has 2 N–H and O–H groups in total. The van der Waals surface area contributed by atoms with Gasteiger partial charge in [-0.25, -0.2) is 8.78 Å². The molecule has 3 heterocycles. The van der Waals surface area contributed by atoms with Crippen LogP contribution in [0.3, 0.4) is 0 Å². The second-order valence-corrected chi connectivity index (χ2v) is 9.09. The molecule has 0 radical (unpaired) electrons. The zero-order valence-electron chi connectivity index (χ0n) is 18.6. The van der Waals surface area contributed by atoms with E-state index in [1.807, 2.05) is 0 Å². The molecule has 1 unspecified atom stereocenters. The maximum atomic E-state index is 14.4. The van der Waals surface area contributed by atoms with Crippen molar-refractivity contribution >= 4 is 29.1 Å². The molecule has 0 spiro atoms. The van der Waals surface area contributed by atoms with Gasteiger partial charge in [0.15, 0.2) is 11.4 Å². The van der Waals surface area contributed by atoms with Gasteiger partial charge in [-0.15, -0.1) is 0 Å². The fraction of sp³-hybridized carbons (Fsp3) is 0.240. The fourth-order valence-corrected chi connectivity index (χ4v) is 4.85. The van der Waals surface area contributed by atoms with E-state index in [4.69, 9.17) is 11.6 Å². The molecule has 2 aliphatic heterocycles. The van der Waals surface area contributed by atoms with Crippen LogP contribution in [0.2, 0.25) is 5.02 Å². The van der Waals surface area contributed by atoms with Crippen molar-refractivity contribution in [3.05, 3.63) is 91.4 Å². The summed E-state index contributed by atoms with van der Waals surface area (Å²) in [5.74, 6) is -3.38. The summed E-state index contributed by atoms with van der Waals surface area (Å²) in [5.41, 5.74) is 0.240. The summed E-state index contributed by atoms with van der Waals surface area (Å²) in [6.45, 7) is 1.65. The van der Waals surface area contributed by atoms with Crippen molar-refractivity contribution in [3.8, 4) is 5.75 Å². The second-order valence-electron chi connectivity index (χ2n) is 8.71. The quantitative estimate of drug-likeness (QED) is 0.572. The first-order chi connectivity index (χ1) is 16.7. The lowest BCUT2D eigenvalue weighted by Gasteiger charge is -2.35. The average molecular weight is 500 g/mol. The Morgan fingerprint density at radius 1 is 1.23 bits per heavy atom. The number of anilines is 1. The van der Waals surface area contributed by atoms with Crippen LogP contribution in [0.25, 0.3) is 0 Å². The minimum atomic E-state index is -1.01.